The number of hydrogen-bond acceptors (Lipinski definition) is 2. The van der Waals surface area contributed by atoms with Gasteiger partial charge in [0.25, 0.3) is 0 Å². The molecule has 0 aliphatic carbocycles. The summed E-state index contributed by atoms with van der Waals surface area (Å²) in [6.07, 6.45) is 1.62. The monoisotopic (exact) mass is 318 g/mol. The molecule has 0 amide bonds. The first-order valence-corrected chi connectivity index (χ1v) is 7.18. The fourth-order valence-corrected chi connectivity index (χ4v) is 2.81. The van der Waals surface area contributed by atoms with E-state index in [1.807, 2.05) is 13.8 Å². The summed E-state index contributed by atoms with van der Waals surface area (Å²) in [5.41, 5.74) is 3.62. The molecule has 1 aromatic carbocycles. The summed E-state index contributed by atoms with van der Waals surface area (Å²) >= 11 is 12.2. The summed E-state index contributed by atoms with van der Waals surface area (Å²) in [6.45, 7) is 3.68. The fourth-order valence-electron chi connectivity index (χ4n) is 2.32. The molecule has 106 valence electrons. The lowest BCUT2D eigenvalue weighted by Gasteiger charge is -2.10. The number of pyridine rings is 2. The number of H-pyrrole nitrogens is 1. The lowest BCUT2D eigenvalue weighted by atomic mass is 10.1. The van der Waals surface area contributed by atoms with E-state index < -0.39 is 0 Å². The Morgan fingerprint density at radius 3 is 2.62 bits per heavy atom. The van der Waals surface area contributed by atoms with E-state index in [1.54, 1.807) is 30.5 Å². The molecule has 0 atom stereocenters. The van der Waals surface area contributed by atoms with Crippen molar-refractivity contribution in [2.45, 2.75) is 13.8 Å². The third-order valence-electron chi connectivity index (χ3n) is 3.60. The Bertz CT molecular complexity index is 916. The fraction of sp³-hybridized carbons (Fsp3) is 0.125. The van der Waals surface area contributed by atoms with Gasteiger partial charge in [0.15, 0.2) is 5.43 Å². The number of hydrogen-bond donors (Lipinski definition) is 1. The summed E-state index contributed by atoms with van der Waals surface area (Å²) in [7, 11) is 0. The van der Waals surface area contributed by atoms with Crippen molar-refractivity contribution in [3.8, 4) is 11.3 Å². The predicted molar refractivity (Wildman–Crippen MR) is 87.3 cm³/mol. The van der Waals surface area contributed by atoms with Crippen molar-refractivity contribution in [3.63, 3.8) is 0 Å². The molecule has 2 heterocycles. The molecule has 0 aliphatic rings. The van der Waals surface area contributed by atoms with E-state index in [0.29, 0.717) is 32.2 Å². The highest BCUT2D eigenvalue weighted by Crippen LogP contribution is 2.32. The van der Waals surface area contributed by atoms with E-state index in [2.05, 4.69) is 9.97 Å². The highest BCUT2D eigenvalue weighted by molar-refractivity contribution is 6.36. The largest absolute Gasteiger partial charge is 0.356 e. The zero-order valence-electron chi connectivity index (χ0n) is 11.5. The first-order chi connectivity index (χ1) is 9.99. The Kier molecular flexibility index (Phi) is 3.47. The second kappa shape index (κ2) is 5.17. The molecule has 0 unspecified atom stereocenters. The number of nitrogens with one attached hydrogen (secondary N) is 1. The standard InChI is InChI=1S/C16H12Cl2N2O/c1-8-9(2)20-15-12(16(8)21)5-6-19-14(15)11-4-3-10(17)7-13(11)18/h3-7H,1-2H3,(H,20,21). The average molecular weight is 319 g/mol. The van der Waals surface area contributed by atoms with Crippen LogP contribution in [0.3, 0.4) is 0 Å². The normalized spacial score (nSPS) is 11.0. The molecule has 0 saturated heterocycles. The Morgan fingerprint density at radius 2 is 1.90 bits per heavy atom. The van der Waals surface area contributed by atoms with Crippen LogP contribution in [0.4, 0.5) is 0 Å². The summed E-state index contributed by atoms with van der Waals surface area (Å²) in [4.78, 5) is 20.0. The van der Waals surface area contributed by atoms with E-state index in [-0.39, 0.29) is 5.43 Å². The van der Waals surface area contributed by atoms with Crippen LogP contribution in [0.25, 0.3) is 22.2 Å². The van der Waals surface area contributed by atoms with Gasteiger partial charge in [0.1, 0.15) is 0 Å². The average Bonchev–Trinajstić information content (AvgIpc) is 2.45. The molecule has 5 heteroatoms. The van der Waals surface area contributed by atoms with E-state index in [1.165, 1.54) is 0 Å². The highest BCUT2D eigenvalue weighted by atomic mass is 35.5. The molecular weight excluding hydrogens is 307 g/mol. The number of halogens is 2. The van der Waals surface area contributed by atoms with E-state index >= 15 is 0 Å². The smallest absolute Gasteiger partial charge is 0.192 e. The number of aromatic amines is 1. The molecule has 3 aromatic rings. The molecule has 3 rings (SSSR count). The maximum atomic E-state index is 12.4. The van der Waals surface area contributed by atoms with Crippen molar-refractivity contribution < 1.29 is 0 Å². The molecule has 0 spiro atoms. The number of rotatable bonds is 1. The topological polar surface area (TPSA) is 45.8 Å². The van der Waals surface area contributed by atoms with Crippen LogP contribution in [0, 0.1) is 13.8 Å². The number of benzene rings is 1. The maximum Gasteiger partial charge on any atom is 0.192 e. The van der Waals surface area contributed by atoms with E-state index in [9.17, 15) is 4.79 Å². The molecule has 21 heavy (non-hydrogen) atoms. The molecule has 0 radical (unpaired) electrons. The lowest BCUT2D eigenvalue weighted by molar-refractivity contribution is 1.16. The predicted octanol–water partition coefficient (Wildman–Crippen LogP) is 4.51. The Hall–Kier alpha value is -1.84. The molecule has 0 saturated carbocycles. The number of aryl methyl sites for hydroxylation is 1. The van der Waals surface area contributed by atoms with Gasteiger partial charge in [0.2, 0.25) is 0 Å². The Labute approximate surface area is 131 Å². The van der Waals surface area contributed by atoms with Gasteiger partial charge in [-0.05, 0) is 38.1 Å². The molecule has 3 nitrogen and oxygen atoms in total. The van der Waals surface area contributed by atoms with Gasteiger partial charge in [0.05, 0.1) is 16.2 Å². The number of nitrogens with zero attached hydrogens (tertiary/aromatic N) is 1. The first-order valence-electron chi connectivity index (χ1n) is 6.42. The van der Waals surface area contributed by atoms with Gasteiger partial charge in [0, 0.05) is 33.4 Å². The zero-order chi connectivity index (χ0) is 15.1. The van der Waals surface area contributed by atoms with Crippen LogP contribution >= 0.6 is 23.2 Å². The SMILES string of the molecule is Cc1[nH]c2c(-c3ccc(Cl)cc3Cl)nccc2c(=O)c1C. The third-order valence-corrected chi connectivity index (χ3v) is 4.15. The summed E-state index contributed by atoms with van der Waals surface area (Å²) in [5, 5.41) is 1.67. The number of aromatic nitrogens is 2. The number of fused-ring (bicyclic) bond motifs is 1. The van der Waals surface area contributed by atoms with Crippen LogP contribution in [-0.4, -0.2) is 9.97 Å². The Balaban J connectivity index is 2.41. The lowest BCUT2D eigenvalue weighted by Crippen LogP contribution is -2.10. The van der Waals surface area contributed by atoms with Crippen LogP contribution in [0.2, 0.25) is 10.0 Å². The van der Waals surface area contributed by atoms with Crippen LogP contribution in [-0.2, 0) is 0 Å². The van der Waals surface area contributed by atoms with Gasteiger partial charge >= 0.3 is 0 Å². The van der Waals surface area contributed by atoms with Gasteiger partial charge in [-0.3, -0.25) is 9.78 Å². The minimum atomic E-state index is 0.00925. The van der Waals surface area contributed by atoms with Gasteiger partial charge in [-0.15, -0.1) is 0 Å². The van der Waals surface area contributed by atoms with Crippen LogP contribution in [0.1, 0.15) is 11.3 Å². The van der Waals surface area contributed by atoms with Crippen molar-refractivity contribution in [3.05, 3.63) is 62.0 Å². The van der Waals surface area contributed by atoms with Gasteiger partial charge in [-0.2, -0.15) is 0 Å². The van der Waals surface area contributed by atoms with Crippen molar-refractivity contribution >= 4 is 34.1 Å². The summed E-state index contributed by atoms with van der Waals surface area (Å²) < 4.78 is 0. The molecule has 2 aromatic heterocycles. The van der Waals surface area contributed by atoms with Crippen LogP contribution < -0.4 is 5.43 Å². The van der Waals surface area contributed by atoms with Gasteiger partial charge in [-0.1, -0.05) is 23.2 Å². The third kappa shape index (κ3) is 2.33. The Morgan fingerprint density at radius 1 is 1.14 bits per heavy atom. The minimum Gasteiger partial charge on any atom is -0.356 e. The van der Waals surface area contributed by atoms with Crippen molar-refractivity contribution in [2.24, 2.45) is 0 Å². The second-order valence-corrected chi connectivity index (χ2v) is 5.75. The first kappa shape index (κ1) is 14.1. The molecule has 0 fully saturated rings. The minimum absolute atomic E-state index is 0.00925. The second-order valence-electron chi connectivity index (χ2n) is 4.91. The summed E-state index contributed by atoms with van der Waals surface area (Å²) in [5.74, 6) is 0. The van der Waals surface area contributed by atoms with Crippen molar-refractivity contribution in [1.82, 2.24) is 9.97 Å². The molecule has 1 N–H and O–H groups in total. The van der Waals surface area contributed by atoms with E-state index in [0.717, 1.165) is 11.3 Å². The van der Waals surface area contributed by atoms with Gasteiger partial charge < -0.3 is 4.98 Å². The van der Waals surface area contributed by atoms with Crippen LogP contribution in [0.15, 0.2) is 35.3 Å². The van der Waals surface area contributed by atoms with E-state index in [4.69, 9.17) is 23.2 Å². The molecular formula is C16H12Cl2N2O. The quantitative estimate of drug-likeness (QED) is 0.717. The van der Waals surface area contributed by atoms with Crippen molar-refractivity contribution in [2.75, 3.05) is 0 Å². The van der Waals surface area contributed by atoms with Gasteiger partial charge in [-0.25, -0.2) is 0 Å². The molecule has 0 aliphatic heterocycles. The van der Waals surface area contributed by atoms with Crippen LogP contribution in [0.5, 0.6) is 0 Å². The summed E-state index contributed by atoms with van der Waals surface area (Å²) in [6, 6.07) is 6.94. The maximum absolute atomic E-state index is 12.4. The zero-order valence-corrected chi connectivity index (χ0v) is 13.0. The highest BCUT2D eigenvalue weighted by Gasteiger charge is 2.13. The van der Waals surface area contributed by atoms with Crippen molar-refractivity contribution in [1.29, 1.82) is 0 Å². The molecule has 0 bridgehead atoms.